The second-order valence-corrected chi connectivity index (χ2v) is 8.06. The Bertz CT molecular complexity index is 979. The highest BCUT2D eigenvalue weighted by Gasteiger charge is 2.38. The van der Waals surface area contributed by atoms with Crippen LogP contribution in [0.4, 0.5) is 0 Å². The summed E-state index contributed by atoms with van der Waals surface area (Å²) in [6.07, 6.45) is 3.38. The molecule has 0 aliphatic heterocycles. The Morgan fingerprint density at radius 1 is 1.23 bits per heavy atom. The van der Waals surface area contributed by atoms with E-state index in [2.05, 4.69) is 43.1 Å². The highest BCUT2D eigenvalue weighted by molar-refractivity contribution is 5.98. The zero-order valence-electron chi connectivity index (χ0n) is 15.3. The highest BCUT2D eigenvalue weighted by atomic mass is 16.3. The minimum absolute atomic E-state index is 0.0686. The first-order chi connectivity index (χ1) is 12.6. The van der Waals surface area contributed by atoms with E-state index < -0.39 is 0 Å². The van der Waals surface area contributed by atoms with Crippen molar-refractivity contribution in [1.29, 1.82) is 0 Å². The molecule has 4 nitrogen and oxygen atoms in total. The van der Waals surface area contributed by atoms with Crippen LogP contribution in [-0.2, 0) is 6.54 Å². The molecule has 0 bridgehead atoms. The summed E-state index contributed by atoms with van der Waals surface area (Å²) in [6, 6.07) is 12.7. The fraction of sp³-hybridized carbons (Fsp3) is 0.409. The van der Waals surface area contributed by atoms with Crippen molar-refractivity contribution in [3.05, 3.63) is 59.2 Å². The number of furan rings is 1. The molecular weight excluding hydrogens is 324 g/mol. The van der Waals surface area contributed by atoms with Crippen LogP contribution in [0.1, 0.15) is 59.7 Å². The van der Waals surface area contributed by atoms with Gasteiger partial charge in [-0.15, -0.1) is 0 Å². The number of nitrogens with zero attached hydrogens (tertiary/aromatic N) is 1. The number of H-pyrrole nitrogens is 1. The van der Waals surface area contributed by atoms with E-state index in [9.17, 15) is 4.79 Å². The minimum Gasteiger partial charge on any atom is -0.464 e. The Hall–Kier alpha value is -2.49. The Morgan fingerprint density at radius 2 is 2.04 bits per heavy atom. The minimum atomic E-state index is 0.0686. The summed E-state index contributed by atoms with van der Waals surface area (Å²) < 4.78 is 6.04. The molecule has 1 N–H and O–H groups in total. The summed E-state index contributed by atoms with van der Waals surface area (Å²) in [5.74, 6) is 3.35. The first-order valence-corrected chi connectivity index (χ1v) is 9.57. The van der Waals surface area contributed by atoms with E-state index in [1.165, 1.54) is 12.0 Å². The number of hydrogen-bond acceptors (Lipinski definition) is 2. The van der Waals surface area contributed by atoms with Gasteiger partial charge in [-0.1, -0.05) is 19.1 Å². The molecule has 2 saturated carbocycles. The van der Waals surface area contributed by atoms with Crippen molar-refractivity contribution in [2.45, 2.75) is 51.6 Å². The van der Waals surface area contributed by atoms with Crippen LogP contribution in [0.2, 0.25) is 0 Å². The molecule has 0 radical (unpaired) electrons. The number of carbonyl (C=O) groups is 1. The molecule has 1 aromatic carbocycles. The van der Waals surface area contributed by atoms with E-state index in [1.54, 1.807) is 0 Å². The normalized spacial score (nSPS) is 21.9. The van der Waals surface area contributed by atoms with Crippen molar-refractivity contribution < 1.29 is 9.21 Å². The molecule has 2 atom stereocenters. The molecule has 4 heteroatoms. The number of fused-ring (bicyclic) bond motifs is 1. The third kappa shape index (κ3) is 2.83. The summed E-state index contributed by atoms with van der Waals surface area (Å²) >= 11 is 0. The summed E-state index contributed by atoms with van der Waals surface area (Å²) in [5, 5.41) is 1.08. The second kappa shape index (κ2) is 5.76. The van der Waals surface area contributed by atoms with Crippen molar-refractivity contribution >= 4 is 16.8 Å². The number of amides is 1. The molecule has 5 rings (SSSR count). The third-order valence-corrected chi connectivity index (χ3v) is 5.74. The Labute approximate surface area is 153 Å². The molecule has 3 aromatic rings. The molecule has 0 saturated heterocycles. The monoisotopic (exact) mass is 348 g/mol. The predicted molar refractivity (Wildman–Crippen MR) is 101 cm³/mol. The number of aromatic amines is 1. The van der Waals surface area contributed by atoms with Crippen LogP contribution in [0.25, 0.3) is 10.9 Å². The molecule has 0 spiro atoms. The van der Waals surface area contributed by atoms with Gasteiger partial charge in [0.05, 0.1) is 6.54 Å². The van der Waals surface area contributed by atoms with Gasteiger partial charge < -0.3 is 14.3 Å². The van der Waals surface area contributed by atoms with Gasteiger partial charge in [-0.2, -0.15) is 0 Å². The quantitative estimate of drug-likeness (QED) is 0.705. The molecule has 2 aromatic heterocycles. The number of nitrogens with one attached hydrogen (secondary N) is 1. The van der Waals surface area contributed by atoms with Gasteiger partial charge in [0.1, 0.15) is 17.2 Å². The number of aryl methyl sites for hydroxylation is 1. The van der Waals surface area contributed by atoms with E-state index in [0.29, 0.717) is 24.2 Å². The maximum atomic E-state index is 13.1. The number of carbonyl (C=O) groups excluding carboxylic acids is 1. The maximum Gasteiger partial charge on any atom is 0.270 e. The molecule has 26 heavy (non-hydrogen) atoms. The predicted octanol–water partition coefficient (Wildman–Crippen LogP) is 5.00. The van der Waals surface area contributed by atoms with Gasteiger partial charge in [0, 0.05) is 22.9 Å². The zero-order valence-corrected chi connectivity index (χ0v) is 15.3. The standard InChI is InChI=1S/C22H24N2O2/c1-13-3-4-15-11-20(23-19(15)9-13)22(25)24(16-5-6-16)12-17-7-8-21(26-17)18-10-14(18)2/h3-4,7-9,11,14,16,18,23H,5-6,10,12H2,1-2H3/t14-,18+/m1/s1. The summed E-state index contributed by atoms with van der Waals surface area (Å²) in [7, 11) is 0. The lowest BCUT2D eigenvalue weighted by Gasteiger charge is -2.20. The molecule has 2 fully saturated rings. The first-order valence-electron chi connectivity index (χ1n) is 9.57. The van der Waals surface area contributed by atoms with Gasteiger partial charge in [0.2, 0.25) is 0 Å². The average molecular weight is 348 g/mol. The lowest BCUT2D eigenvalue weighted by Crippen LogP contribution is -2.32. The van der Waals surface area contributed by atoms with E-state index in [1.807, 2.05) is 17.0 Å². The van der Waals surface area contributed by atoms with Crippen molar-refractivity contribution in [3.8, 4) is 0 Å². The largest absolute Gasteiger partial charge is 0.464 e. The van der Waals surface area contributed by atoms with Crippen LogP contribution >= 0.6 is 0 Å². The number of hydrogen-bond donors (Lipinski definition) is 1. The van der Waals surface area contributed by atoms with Crippen molar-refractivity contribution in [3.63, 3.8) is 0 Å². The third-order valence-electron chi connectivity index (χ3n) is 5.74. The van der Waals surface area contributed by atoms with Gasteiger partial charge >= 0.3 is 0 Å². The van der Waals surface area contributed by atoms with Crippen LogP contribution in [0.3, 0.4) is 0 Å². The number of aromatic nitrogens is 1. The zero-order chi connectivity index (χ0) is 17.8. The summed E-state index contributed by atoms with van der Waals surface area (Å²) in [4.78, 5) is 18.4. The topological polar surface area (TPSA) is 49.2 Å². The molecule has 2 aliphatic carbocycles. The Morgan fingerprint density at radius 3 is 2.77 bits per heavy atom. The molecule has 0 unspecified atom stereocenters. The van der Waals surface area contributed by atoms with E-state index in [-0.39, 0.29) is 5.91 Å². The molecule has 2 aliphatic rings. The molecular formula is C22H24N2O2. The molecule has 1 amide bonds. The van der Waals surface area contributed by atoms with Crippen molar-refractivity contribution in [2.75, 3.05) is 0 Å². The number of rotatable bonds is 5. The van der Waals surface area contributed by atoms with Crippen LogP contribution in [0, 0.1) is 12.8 Å². The van der Waals surface area contributed by atoms with Gasteiger partial charge in [-0.05, 0) is 61.9 Å². The molecule has 2 heterocycles. The second-order valence-electron chi connectivity index (χ2n) is 8.06. The summed E-state index contributed by atoms with van der Waals surface area (Å²) in [6.45, 7) is 4.87. The van der Waals surface area contributed by atoms with E-state index in [0.717, 1.165) is 41.2 Å². The lowest BCUT2D eigenvalue weighted by atomic mass is 10.2. The van der Waals surface area contributed by atoms with E-state index >= 15 is 0 Å². The van der Waals surface area contributed by atoms with Crippen molar-refractivity contribution in [1.82, 2.24) is 9.88 Å². The number of benzene rings is 1. The van der Waals surface area contributed by atoms with E-state index in [4.69, 9.17) is 4.42 Å². The van der Waals surface area contributed by atoms with Crippen LogP contribution in [0.5, 0.6) is 0 Å². The Kier molecular flexibility index (Phi) is 3.49. The smallest absolute Gasteiger partial charge is 0.270 e. The summed E-state index contributed by atoms with van der Waals surface area (Å²) in [5.41, 5.74) is 2.88. The van der Waals surface area contributed by atoms with Crippen LogP contribution in [-0.4, -0.2) is 21.8 Å². The Balaban J connectivity index is 1.39. The van der Waals surface area contributed by atoms with Crippen molar-refractivity contribution in [2.24, 2.45) is 5.92 Å². The van der Waals surface area contributed by atoms with Crippen LogP contribution < -0.4 is 0 Å². The van der Waals surface area contributed by atoms with Gasteiger partial charge in [0.15, 0.2) is 0 Å². The van der Waals surface area contributed by atoms with Crippen LogP contribution in [0.15, 0.2) is 40.8 Å². The lowest BCUT2D eigenvalue weighted by molar-refractivity contribution is 0.0711. The van der Waals surface area contributed by atoms with Gasteiger partial charge in [0.25, 0.3) is 5.91 Å². The molecule has 134 valence electrons. The fourth-order valence-electron chi connectivity index (χ4n) is 3.83. The van der Waals surface area contributed by atoms with Gasteiger partial charge in [-0.25, -0.2) is 0 Å². The first kappa shape index (κ1) is 15.7. The highest BCUT2D eigenvalue weighted by Crippen LogP contribution is 2.47. The van der Waals surface area contributed by atoms with Gasteiger partial charge in [-0.3, -0.25) is 4.79 Å². The SMILES string of the molecule is Cc1ccc2cc(C(=O)N(Cc3ccc([C@H]4C[C@H]4C)o3)C3CC3)[nH]c2c1. The maximum absolute atomic E-state index is 13.1. The fourth-order valence-corrected chi connectivity index (χ4v) is 3.83. The average Bonchev–Trinajstić information content (AvgIpc) is 3.50.